The molecule has 0 saturated carbocycles. The molecule has 0 aliphatic carbocycles. The monoisotopic (exact) mass is 228 g/mol. The number of rotatable bonds is 5. The van der Waals surface area contributed by atoms with Gasteiger partial charge in [0.1, 0.15) is 0 Å². The van der Waals surface area contributed by atoms with E-state index in [9.17, 15) is 10.2 Å². The van der Waals surface area contributed by atoms with Crippen LogP contribution in [0.15, 0.2) is 30.3 Å². The van der Waals surface area contributed by atoms with Gasteiger partial charge in [0.2, 0.25) is 5.79 Å². The van der Waals surface area contributed by atoms with Crippen molar-refractivity contribution in [1.29, 1.82) is 0 Å². The SMILES string of the molecule is OCC(CO)(CO)C(O)(O)c1ccccc1. The number of hydrogen-bond donors (Lipinski definition) is 5. The first-order valence-corrected chi connectivity index (χ1v) is 4.87. The smallest absolute Gasteiger partial charge is 0.202 e. The average Bonchev–Trinajstić information content (AvgIpc) is 2.33. The lowest BCUT2D eigenvalue weighted by Crippen LogP contribution is -2.53. The quantitative estimate of drug-likeness (QED) is 0.407. The molecule has 0 unspecified atom stereocenters. The van der Waals surface area contributed by atoms with E-state index >= 15 is 0 Å². The van der Waals surface area contributed by atoms with Gasteiger partial charge in [0.25, 0.3) is 0 Å². The van der Waals surface area contributed by atoms with Crippen molar-refractivity contribution >= 4 is 0 Å². The fourth-order valence-corrected chi connectivity index (χ4v) is 1.46. The van der Waals surface area contributed by atoms with E-state index in [-0.39, 0.29) is 5.56 Å². The van der Waals surface area contributed by atoms with Gasteiger partial charge in [-0.2, -0.15) is 0 Å². The van der Waals surface area contributed by atoms with E-state index < -0.39 is 31.0 Å². The predicted molar refractivity (Wildman–Crippen MR) is 56.2 cm³/mol. The van der Waals surface area contributed by atoms with E-state index in [4.69, 9.17) is 15.3 Å². The molecule has 0 aliphatic heterocycles. The van der Waals surface area contributed by atoms with E-state index in [1.807, 2.05) is 0 Å². The van der Waals surface area contributed by atoms with Crippen LogP contribution in [0.25, 0.3) is 0 Å². The zero-order chi connectivity index (χ0) is 12.2. The Kier molecular flexibility index (Phi) is 4.01. The molecule has 1 aromatic carbocycles. The summed E-state index contributed by atoms with van der Waals surface area (Å²) in [6.07, 6.45) is 0. The van der Waals surface area contributed by atoms with Gasteiger partial charge in [-0.3, -0.25) is 0 Å². The maximum atomic E-state index is 9.97. The fourth-order valence-electron chi connectivity index (χ4n) is 1.46. The van der Waals surface area contributed by atoms with Crippen LogP contribution in [0.5, 0.6) is 0 Å². The van der Waals surface area contributed by atoms with Gasteiger partial charge in [-0.05, 0) is 0 Å². The van der Waals surface area contributed by atoms with Crippen LogP contribution in [0.2, 0.25) is 0 Å². The molecule has 1 rings (SSSR count). The minimum atomic E-state index is -2.49. The van der Waals surface area contributed by atoms with Gasteiger partial charge in [-0.1, -0.05) is 30.3 Å². The predicted octanol–water partition coefficient (Wildman–Crippen LogP) is -1.21. The summed E-state index contributed by atoms with van der Waals surface area (Å²) in [5, 5.41) is 47.3. The number of hydrogen-bond acceptors (Lipinski definition) is 5. The summed E-state index contributed by atoms with van der Waals surface area (Å²) in [5.41, 5.74) is -1.69. The summed E-state index contributed by atoms with van der Waals surface area (Å²) in [6.45, 7) is -2.24. The summed E-state index contributed by atoms with van der Waals surface area (Å²) < 4.78 is 0. The molecule has 90 valence electrons. The third kappa shape index (κ3) is 1.95. The summed E-state index contributed by atoms with van der Waals surface area (Å²) in [6, 6.07) is 7.75. The van der Waals surface area contributed by atoms with Crippen molar-refractivity contribution in [3.05, 3.63) is 35.9 Å². The van der Waals surface area contributed by atoms with Crippen molar-refractivity contribution in [2.24, 2.45) is 5.41 Å². The van der Waals surface area contributed by atoms with Gasteiger partial charge in [0.05, 0.1) is 25.2 Å². The maximum absolute atomic E-state index is 9.97. The molecule has 0 bridgehead atoms. The van der Waals surface area contributed by atoms with Crippen molar-refractivity contribution in [3.8, 4) is 0 Å². The van der Waals surface area contributed by atoms with Gasteiger partial charge in [-0.15, -0.1) is 0 Å². The number of benzene rings is 1. The zero-order valence-electron chi connectivity index (χ0n) is 8.74. The van der Waals surface area contributed by atoms with Crippen LogP contribution in [0.4, 0.5) is 0 Å². The van der Waals surface area contributed by atoms with Gasteiger partial charge < -0.3 is 25.5 Å². The topological polar surface area (TPSA) is 101 Å². The third-order valence-corrected chi connectivity index (χ3v) is 2.82. The second kappa shape index (κ2) is 4.90. The van der Waals surface area contributed by atoms with E-state index in [0.29, 0.717) is 0 Å². The van der Waals surface area contributed by atoms with E-state index in [0.717, 1.165) is 0 Å². The maximum Gasteiger partial charge on any atom is 0.202 e. The molecule has 0 aromatic heterocycles. The molecular formula is C11H16O5. The molecule has 0 spiro atoms. The summed E-state index contributed by atoms with van der Waals surface area (Å²) in [5.74, 6) is -2.49. The Hall–Kier alpha value is -0.980. The van der Waals surface area contributed by atoms with Crippen LogP contribution in [0.1, 0.15) is 5.56 Å². The van der Waals surface area contributed by atoms with Crippen LogP contribution in [0.3, 0.4) is 0 Å². The van der Waals surface area contributed by atoms with Gasteiger partial charge in [-0.25, -0.2) is 0 Å². The Morgan fingerprint density at radius 3 is 1.62 bits per heavy atom. The standard InChI is InChI=1S/C11H16O5/c12-6-10(7-13,8-14)11(15,16)9-4-2-1-3-5-9/h1-5,12-16H,6-8H2. The molecule has 0 saturated heterocycles. The van der Waals surface area contributed by atoms with Crippen LogP contribution < -0.4 is 0 Å². The summed E-state index contributed by atoms with van der Waals surface area (Å²) in [4.78, 5) is 0. The lowest BCUT2D eigenvalue weighted by Gasteiger charge is -2.40. The van der Waals surface area contributed by atoms with Crippen molar-refractivity contribution in [2.45, 2.75) is 5.79 Å². The Labute approximate surface area is 93.2 Å². The first-order valence-electron chi connectivity index (χ1n) is 4.87. The van der Waals surface area contributed by atoms with Crippen LogP contribution in [-0.4, -0.2) is 45.4 Å². The van der Waals surface area contributed by atoms with Crippen molar-refractivity contribution in [1.82, 2.24) is 0 Å². The number of aliphatic hydroxyl groups excluding tert-OH is 3. The van der Waals surface area contributed by atoms with E-state index in [1.165, 1.54) is 12.1 Å². The van der Waals surface area contributed by atoms with Gasteiger partial charge >= 0.3 is 0 Å². The number of aliphatic hydroxyl groups is 5. The zero-order valence-corrected chi connectivity index (χ0v) is 8.74. The lowest BCUT2D eigenvalue weighted by molar-refractivity contribution is -0.283. The van der Waals surface area contributed by atoms with Crippen molar-refractivity contribution < 1.29 is 25.5 Å². The van der Waals surface area contributed by atoms with Crippen LogP contribution in [-0.2, 0) is 5.79 Å². The highest BCUT2D eigenvalue weighted by Crippen LogP contribution is 2.36. The van der Waals surface area contributed by atoms with E-state index in [2.05, 4.69) is 0 Å². The van der Waals surface area contributed by atoms with Crippen LogP contribution in [0, 0.1) is 5.41 Å². The lowest BCUT2D eigenvalue weighted by atomic mass is 9.77. The second-order valence-corrected chi connectivity index (χ2v) is 3.79. The molecule has 16 heavy (non-hydrogen) atoms. The molecule has 0 aliphatic rings. The molecule has 0 fully saturated rings. The summed E-state index contributed by atoms with van der Waals surface area (Å²) in [7, 11) is 0. The molecule has 1 aromatic rings. The van der Waals surface area contributed by atoms with E-state index in [1.54, 1.807) is 18.2 Å². The highest BCUT2D eigenvalue weighted by atomic mass is 16.5. The Balaban J connectivity index is 3.18. The van der Waals surface area contributed by atoms with Gasteiger partial charge in [0, 0.05) is 5.56 Å². The van der Waals surface area contributed by atoms with Crippen LogP contribution >= 0.6 is 0 Å². The first kappa shape index (κ1) is 13.1. The minimum Gasteiger partial charge on any atom is -0.395 e. The second-order valence-electron chi connectivity index (χ2n) is 3.79. The molecule has 5 heteroatoms. The molecule has 5 nitrogen and oxygen atoms in total. The molecular weight excluding hydrogens is 212 g/mol. The Morgan fingerprint density at radius 2 is 1.25 bits per heavy atom. The third-order valence-electron chi connectivity index (χ3n) is 2.82. The molecule has 0 atom stereocenters. The largest absolute Gasteiger partial charge is 0.395 e. The van der Waals surface area contributed by atoms with Crippen molar-refractivity contribution in [3.63, 3.8) is 0 Å². The molecule has 0 radical (unpaired) electrons. The highest BCUT2D eigenvalue weighted by Gasteiger charge is 2.50. The molecule has 0 heterocycles. The minimum absolute atomic E-state index is 0.104. The average molecular weight is 228 g/mol. The van der Waals surface area contributed by atoms with Gasteiger partial charge in [0.15, 0.2) is 0 Å². The normalized spacial score (nSPS) is 12.8. The highest BCUT2D eigenvalue weighted by molar-refractivity contribution is 5.22. The Bertz CT molecular complexity index is 310. The fraction of sp³-hybridized carbons (Fsp3) is 0.455. The van der Waals surface area contributed by atoms with Crippen molar-refractivity contribution in [2.75, 3.05) is 19.8 Å². The summed E-state index contributed by atoms with van der Waals surface area (Å²) >= 11 is 0. The molecule has 5 N–H and O–H groups in total. The Morgan fingerprint density at radius 1 is 0.812 bits per heavy atom. The molecule has 0 amide bonds. The first-order chi connectivity index (χ1) is 7.54.